The number of benzene rings is 2. The van der Waals surface area contributed by atoms with Crippen LogP contribution in [0.15, 0.2) is 54.7 Å². The molecular formula is C22H23F2N3O3. The standard InChI is InChI=1S/C22H23F2N3O3/c1-14(2)16-4-6-17(7-5-16)29-13-27-11-10-20(26-27)21(28)25-19-9-8-18(12-15(19)3)30-22(23)24/h4-12,14,22H,13H2,1-3H3,(H,25,28). The third kappa shape index (κ3) is 5.56. The van der Waals surface area contributed by atoms with E-state index in [0.717, 1.165) is 0 Å². The molecule has 0 aliphatic rings. The molecule has 8 heteroatoms. The molecule has 6 nitrogen and oxygen atoms in total. The van der Waals surface area contributed by atoms with Gasteiger partial charge in [0.2, 0.25) is 0 Å². The van der Waals surface area contributed by atoms with Gasteiger partial charge in [0.05, 0.1) is 0 Å². The largest absolute Gasteiger partial charge is 0.471 e. The number of rotatable bonds is 8. The second-order valence-corrected chi connectivity index (χ2v) is 7.05. The minimum absolute atomic E-state index is 0.0309. The predicted octanol–water partition coefficient (Wildman–Crippen LogP) is 5.21. The molecule has 30 heavy (non-hydrogen) atoms. The lowest BCUT2D eigenvalue weighted by atomic mass is 10.0. The van der Waals surface area contributed by atoms with Crippen molar-refractivity contribution in [1.82, 2.24) is 9.78 Å². The molecule has 0 atom stereocenters. The van der Waals surface area contributed by atoms with Gasteiger partial charge in [0.25, 0.3) is 5.91 Å². The molecule has 0 spiro atoms. The van der Waals surface area contributed by atoms with E-state index in [4.69, 9.17) is 4.74 Å². The summed E-state index contributed by atoms with van der Waals surface area (Å²) in [5, 5.41) is 6.92. The van der Waals surface area contributed by atoms with Crippen molar-refractivity contribution in [3.8, 4) is 11.5 Å². The maximum atomic E-state index is 12.4. The molecular weight excluding hydrogens is 392 g/mol. The average Bonchev–Trinajstić information content (AvgIpc) is 3.17. The average molecular weight is 415 g/mol. The second-order valence-electron chi connectivity index (χ2n) is 7.05. The Balaban J connectivity index is 1.58. The summed E-state index contributed by atoms with van der Waals surface area (Å²) in [6, 6.07) is 13.7. The number of anilines is 1. The van der Waals surface area contributed by atoms with Crippen LogP contribution in [-0.4, -0.2) is 22.3 Å². The molecule has 1 aromatic heterocycles. The van der Waals surface area contributed by atoms with E-state index >= 15 is 0 Å². The number of carbonyl (C=O) groups excluding carboxylic acids is 1. The first kappa shape index (κ1) is 21.3. The van der Waals surface area contributed by atoms with Crippen LogP contribution in [0.1, 0.15) is 41.4 Å². The van der Waals surface area contributed by atoms with E-state index in [1.54, 1.807) is 19.2 Å². The van der Waals surface area contributed by atoms with Crippen LogP contribution in [0.5, 0.6) is 11.5 Å². The Morgan fingerprint density at radius 1 is 1.10 bits per heavy atom. The van der Waals surface area contributed by atoms with E-state index in [1.165, 1.54) is 28.4 Å². The number of halogens is 2. The highest BCUT2D eigenvalue weighted by molar-refractivity contribution is 6.03. The fourth-order valence-electron chi connectivity index (χ4n) is 2.78. The zero-order valence-corrected chi connectivity index (χ0v) is 16.9. The zero-order valence-electron chi connectivity index (χ0n) is 16.9. The highest BCUT2D eigenvalue weighted by atomic mass is 19.3. The number of hydrogen-bond donors (Lipinski definition) is 1. The summed E-state index contributed by atoms with van der Waals surface area (Å²) in [6.45, 7) is 3.19. The molecule has 0 bridgehead atoms. The molecule has 0 aliphatic heterocycles. The molecule has 1 heterocycles. The molecule has 0 radical (unpaired) electrons. The Labute approximate surface area is 173 Å². The topological polar surface area (TPSA) is 65.4 Å². The van der Waals surface area contributed by atoms with Gasteiger partial charge in [0, 0.05) is 11.9 Å². The molecule has 0 saturated heterocycles. The summed E-state index contributed by atoms with van der Waals surface area (Å²) < 4.78 is 36.1. The molecule has 0 unspecified atom stereocenters. The Hall–Kier alpha value is -3.42. The Kier molecular flexibility index (Phi) is 6.66. The summed E-state index contributed by atoms with van der Waals surface area (Å²) in [6.07, 6.45) is 1.64. The Bertz CT molecular complexity index is 1000. The second kappa shape index (κ2) is 9.39. The Morgan fingerprint density at radius 3 is 2.43 bits per heavy atom. The Morgan fingerprint density at radius 2 is 1.80 bits per heavy atom. The van der Waals surface area contributed by atoms with Gasteiger partial charge in [-0.1, -0.05) is 26.0 Å². The summed E-state index contributed by atoms with van der Waals surface area (Å²) in [7, 11) is 0. The number of nitrogens with zero attached hydrogens (tertiary/aromatic N) is 2. The third-order valence-electron chi connectivity index (χ3n) is 4.45. The van der Waals surface area contributed by atoms with Gasteiger partial charge in [0.1, 0.15) is 11.5 Å². The van der Waals surface area contributed by atoms with Crippen molar-refractivity contribution in [2.75, 3.05) is 5.32 Å². The van der Waals surface area contributed by atoms with E-state index in [-0.39, 0.29) is 18.2 Å². The highest BCUT2D eigenvalue weighted by Gasteiger charge is 2.13. The van der Waals surface area contributed by atoms with Gasteiger partial charge >= 0.3 is 6.61 Å². The van der Waals surface area contributed by atoms with Crippen LogP contribution in [0.4, 0.5) is 14.5 Å². The lowest BCUT2D eigenvalue weighted by Crippen LogP contribution is -2.15. The number of nitrogens with one attached hydrogen (secondary N) is 1. The van der Waals surface area contributed by atoms with Gasteiger partial charge in [-0.15, -0.1) is 0 Å². The molecule has 1 N–H and O–H groups in total. The van der Waals surface area contributed by atoms with Crippen LogP contribution in [0.25, 0.3) is 0 Å². The summed E-state index contributed by atoms with van der Waals surface area (Å²) in [4.78, 5) is 12.4. The number of hydrogen-bond acceptors (Lipinski definition) is 4. The molecule has 0 aliphatic carbocycles. The van der Waals surface area contributed by atoms with Crippen LogP contribution < -0.4 is 14.8 Å². The number of carbonyl (C=O) groups is 1. The number of aryl methyl sites for hydroxylation is 1. The monoisotopic (exact) mass is 415 g/mol. The van der Waals surface area contributed by atoms with Crippen molar-refractivity contribution >= 4 is 11.6 Å². The maximum absolute atomic E-state index is 12.4. The van der Waals surface area contributed by atoms with Gasteiger partial charge in [-0.2, -0.15) is 13.9 Å². The lowest BCUT2D eigenvalue weighted by Gasteiger charge is -2.10. The normalized spacial score (nSPS) is 11.0. The first-order valence-electron chi connectivity index (χ1n) is 9.45. The molecule has 1 amide bonds. The van der Waals surface area contributed by atoms with Crippen LogP contribution in [0, 0.1) is 6.92 Å². The van der Waals surface area contributed by atoms with Crippen molar-refractivity contribution in [2.24, 2.45) is 0 Å². The van der Waals surface area contributed by atoms with Gasteiger partial charge in [0.15, 0.2) is 12.4 Å². The van der Waals surface area contributed by atoms with Crippen molar-refractivity contribution in [3.05, 3.63) is 71.5 Å². The fourth-order valence-corrected chi connectivity index (χ4v) is 2.78. The smallest absolute Gasteiger partial charge is 0.387 e. The zero-order chi connectivity index (χ0) is 21.7. The predicted molar refractivity (Wildman–Crippen MR) is 109 cm³/mol. The van der Waals surface area contributed by atoms with Crippen LogP contribution in [0.2, 0.25) is 0 Å². The van der Waals surface area contributed by atoms with Crippen molar-refractivity contribution in [2.45, 2.75) is 40.0 Å². The third-order valence-corrected chi connectivity index (χ3v) is 4.45. The molecule has 158 valence electrons. The minimum Gasteiger partial charge on any atom is -0.471 e. The van der Waals surface area contributed by atoms with E-state index in [0.29, 0.717) is 22.9 Å². The van der Waals surface area contributed by atoms with Crippen LogP contribution in [-0.2, 0) is 6.73 Å². The summed E-state index contributed by atoms with van der Waals surface area (Å²) in [5.41, 5.74) is 2.51. The van der Waals surface area contributed by atoms with E-state index < -0.39 is 12.5 Å². The molecule has 3 aromatic rings. The van der Waals surface area contributed by atoms with Crippen molar-refractivity contribution in [1.29, 1.82) is 0 Å². The number of ether oxygens (including phenoxy) is 2. The summed E-state index contributed by atoms with van der Waals surface area (Å²) in [5.74, 6) is 0.773. The molecule has 0 saturated carbocycles. The van der Waals surface area contributed by atoms with Crippen LogP contribution >= 0.6 is 0 Å². The number of aromatic nitrogens is 2. The molecule has 2 aromatic carbocycles. The molecule has 0 fully saturated rings. The van der Waals surface area contributed by atoms with Gasteiger partial charge in [-0.05, 0) is 60.4 Å². The highest BCUT2D eigenvalue weighted by Crippen LogP contribution is 2.23. The summed E-state index contributed by atoms with van der Waals surface area (Å²) >= 11 is 0. The minimum atomic E-state index is -2.90. The van der Waals surface area contributed by atoms with Gasteiger partial charge < -0.3 is 14.8 Å². The SMILES string of the molecule is Cc1cc(OC(F)F)ccc1NC(=O)c1ccn(COc2ccc(C(C)C)cc2)n1. The maximum Gasteiger partial charge on any atom is 0.387 e. The first-order valence-corrected chi connectivity index (χ1v) is 9.45. The van der Waals surface area contributed by atoms with E-state index in [2.05, 4.69) is 29.0 Å². The number of alkyl halides is 2. The van der Waals surface area contributed by atoms with E-state index in [1.807, 2.05) is 24.3 Å². The lowest BCUT2D eigenvalue weighted by molar-refractivity contribution is -0.0498. The first-order chi connectivity index (χ1) is 14.3. The van der Waals surface area contributed by atoms with Gasteiger partial charge in [-0.3, -0.25) is 4.79 Å². The van der Waals surface area contributed by atoms with Crippen molar-refractivity contribution < 1.29 is 23.0 Å². The fraction of sp³-hybridized carbons (Fsp3) is 0.273. The van der Waals surface area contributed by atoms with E-state index in [9.17, 15) is 13.6 Å². The quantitative estimate of drug-likeness (QED) is 0.549. The van der Waals surface area contributed by atoms with Gasteiger partial charge in [-0.25, -0.2) is 4.68 Å². The number of amides is 1. The van der Waals surface area contributed by atoms with Crippen molar-refractivity contribution in [3.63, 3.8) is 0 Å². The molecule has 3 rings (SSSR count). The van der Waals surface area contributed by atoms with Crippen LogP contribution in [0.3, 0.4) is 0 Å².